The Morgan fingerprint density at radius 3 is 2.71 bits per heavy atom. The Balaban J connectivity index is 4.06. The predicted molar refractivity (Wildman–Crippen MR) is 88.6 cm³/mol. The first kappa shape index (κ1) is 19.9. The number of nitrogens with one attached hydrogen (secondary N) is 1. The molecule has 0 unspecified atom stereocenters. The summed E-state index contributed by atoms with van der Waals surface area (Å²) in [4.78, 5) is 6.53. The SMILES string of the molecule is C=CCCCN(C)C(=NCCOCCS(C)(=O)=O)NCC. The third-order valence-corrected chi connectivity index (χ3v) is 3.60. The van der Waals surface area contributed by atoms with Crippen molar-refractivity contribution in [3.8, 4) is 0 Å². The minimum Gasteiger partial charge on any atom is -0.378 e. The van der Waals surface area contributed by atoms with Crippen LogP contribution >= 0.6 is 0 Å². The van der Waals surface area contributed by atoms with Crippen molar-refractivity contribution in [2.45, 2.75) is 19.8 Å². The molecule has 0 aromatic carbocycles. The van der Waals surface area contributed by atoms with Gasteiger partial charge < -0.3 is 15.0 Å². The molecular formula is C14H29N3O3S. The molecule has 21 heavy (non-hydrogen) atoms. The molecule has 0 atom stereocenters. The van der Waals surface area contributed by atoms with E-state index in [9.17, 15) is 8.42 Å². The van der Waals surface area contributed by atoms with Crippen LogP contribution in [-0.4, -0.2) is 71.2 Å². The van der Waals surface area contributed by atoms with Crippen LogP contribution in [0.1, 0.15) is 19.8 Å². The number of hydrogen-bond donors (Lipinski definition) is 1. The lowest BCUT2D eigenvalue weighted by molar-refractivity contribution is 0.157. The topological polar surface area (TPSA) is 71.0 Å². The molecule has 0 aromatic rings. The number of aliphatic imine (C=N–C) groups is 1. The molecule has 0 aliphatic heterocycles. The summed E-state index contributed by atoms with van der Waals surface area (Å²) in [5, 5.41) is 3.22. The molecule has 0 spiro atoms. The number of guanidine groups is 1. The van der Waals surface area contributed by atoms with Gasteiger partial charge in [-0.05, 0) is 19.8 Å². The summed E-state index contributed by atoms with van der Waals surface area (Å²) < 4.78 is 27.2. The van der Waals surface area contributed by atoms with Crippen LogP contribution in [0.2, 0.25) is 0 Å². The van der Waals surface area contributed by atoms with Gasteiger partial charge in [0.2, 0.25) is 0 Å². The van der Waals surface area contributed by atoms with Gasteiger partial charge >= 0.3 is 0 Å². The van der Waals surface area contributed by atoms with Crippen molar-refractivity contribution in [2.75, 3.05) is 51.9 Å². The molecule has 0 radical (unpaired) electrons. The fourth-order valence-electron chi connectivity index (χ4n) is 1.58. The van der Waals surface area contributed by atoms with Gasteiger partial charge in [0.05, 0.1) is 25.5 Å². The molecule has 0 aromatic heterocycles. The Kier molecular flexibility index (Phi) is 11.0. The molecule has 0 saturated carbocycles. The summed E-state index contributed by atoms with van der Waals surface area (Å²) in [5.74, 6) is 0.895. The van der Waals surface area contributed by atoms with E-state index in [1.165, 1.54) is 6.26 Å². The fourth-order valence-corrected chi connectivity index (χ4v) is 2.00. The second-order valence-corrected chi connectivity index (χ2v) is 7.09. The van der Waals surface area contributed by atoms with Crippen LogP contribution in [-0.2, 0) is 14.6 Å². The van der Waals surface area contributed by atoms with Crippen LogP contribution in [0.3, 0.4) is 0 Å². The minimum atomic E-state index is -2.95. The second-order valence-electron chi connectivity index (χ2n) is 4.83. The van der Waals surface area contributed by atoms with E-state index in [4.69, 9.17) is 4.74 Å². The number of rotatable bonds is 11. The highest BCUT2D eigenvalue weighted by atomic mass is 32.2. The highest BCUT2D eigenvalue weighted by Crippen LogP contribution is 1.95. The predicted octanol–water partition coefficient (Wildman–Crippen LogP) is 0.911. The second kappa shape index (κ2) is 11.6. The summed E-state index contributed by atoms with van der Waals surface area (Å²) in [6.07, 6.45) is 5.14. The van der Waals surface area contributed by atoms with Crippen molar-refractivity contribution >= 4 is 15.8 Å². The molecule has 0 heterocycles. The molecular weight excluding hydrogens is 290 g/mol. The summed E-state index contributed by atoms with van der Waals surface area (Å²) in [6, 6.07) is 0. The van der Waals surface area contributed by atoms with E-state index in [-0.39, 0.29) is 12.4 Å². The van der Waals surface area contributed by atoms with Crippen molar-refractivity contribution in [2.24, 2.45) is 4.99 Å². The van der Waals surface area contributed by atoms with E-state index in [0.717, 1.165) is 31.9 Å². The van der Waals surface area contributed by atoms with Gasteiger partial charge in [-0.3, -0.25) is 4.99 Å². The lowest BCUT2D eigenvalue weighted by atomic mass is 10.3. The van der Waals surface area contributed by atoms with Gasteiger partial charge in [-0.1, -0.05) is 6.08 Å². The number of ether oxygens (including phenoxy) is 1. The van der Waals surface area contributed by atoms with E-state index in [1.807, 2.05) is 20.0 Å². The van der Waals surface area contributed by atoms with Gasteiger partial charge in [0.15, 0.2) is 5.96 Å². The van der Waals surface area contributed by atoms with Crippen LogP contribution in [0.4, 0.5) is 0 Å². The number of nitrogens with zero attached hydrogens (tertiary/aromatic N) is 2. The van der Waals surface area contributed by atoms with Gasteiger partial charge in [0.1, 0.15) is 9.84 Å². The lowest BCUT2D eigenvalue weighted by Gasteiger charge is -2.21. The molecule has 0 bridgehead atoms. The van der Waals surface area contributed by atoms with E-state index in [1.54, 1.807) is 0 Å². The maximum absolute atomic E-state index is 10.9. The van der Waals surface area contributed by atoms with Crippen molar-refractivity contribution in [3.63, 3.8) is 0 Å². The number of unbranched alkanes of at least 4 members (excludes halogenated alkanes) is 1. The lowest BCUT2D eigenvalue weighted by Crippen LogP contribution is -2.39. The third-order valence-electron chi connectivity index (χ3n) is 2.69. The van der Waals surface area contributed by atoms with E-state index >= 15 is 0 Å². The van der Waals surface area contributed by atoms with E-state index < -0.39 is 9.84 Å². The summed E-state index contributed by atoms with van der Waals surface area (Å²) in [6.45, 7) is 8.60. The molecule has 6 nitrogen and oxygen atoms in total. The van der Waals surface area contributed by atoms with E-state index in [0.29, 0.717) is 13.2 Å². The van der Waals surface area contributed by atoms with Crippen LogP contribution in [0, 0.1) is 0 Å². The van der Waals surface area contributed by atoms with Crippen molar-refractivity contribution in [3.05, 3.63) is 12.7 Å². The highest BCUT2D eigenvalue weighted by molar-refractivity contribution is 7.90. The minimum absolute atomic E-state index is 0.0538. The molecule has 124 valence electrons. The van der Waals surface area contributed by atoms with Crippen LogP contribution in [0.5, 0.6) is 0 Å². The number of allylic oxidation sites excluding steroid dienone is 1. The zero-order valence-electron chi connectivity index (χ0n) is 13.5. The largest absolute Gasteiger partial charge is 0.378 e. The first-order valence-electron chi connectivity index (χ1n) is 7.26. The molecule has 0 amide bonds. The molecule has 0 aliphatic carbocycles. The smallest absolute Gasteiger partial charge is 0.193 e. The normalized spacial score (nSPS) is 12.2. The van der Waals surface area contributed by atoms with Gasteiger partial charge in [0, 0.05) is 26.4 Å². The summed E-state index contributed by atoms with van der Waals surface area (Å²) >= 11 is 0. The standard InChI is InChI=1S/C14H29N3O3S/c1-5-7-8-10-17(3)14(15-6-2)16-9-11-20-12-13-21(4,18)19/h5H,1,6-13H2,2-4H3,(H,15,16). The summed E-state index contributed by atoms with van der Waals surface area (Å²) in [7, 11) is -0.957. The van der Waals surface area contributed by atoms with Gasteiger partial charge in [-0.25, -0.2) is 8.42 Å². The Hall–Kier alpha value is -1.08. The van der Waals surface area contributed by atoms with Gasteiger partial charge in [0.25, 0.3) is 0 Å². The van der Waals surface area contributed by atoms with Gasteiger partial charge in [-0.15, -0.1) is 6.58 Å². The first-order valence-corrected chi connectivity index (χ1v) is 9.32. The third kappa shape index (κ3) is 12.4. The maximum Gasteiger partial charge on any atom is 0.193 e. The molecule has 7 heteroatoms. The Morgan fingerprint density at radius 2 is 2.14 bits per heavy atom. The maximum atomic E-state index is 10.9. The van der Waals surface area contributed by atoms with Crippen molar-refractivity contribution in [1.29, 1.82) is 0 Å². The average Bonchev–Trinajstić information content (AvgIpc) is 2.40. The number of sulfone groups is 1. The quantitative estimate of drug-likeness (QED) is 0.265. The highest BCUT2D eigenvalue weighted by Gasteiger charge is 2.04. The van der Waals surface area contributed by atoms with Crippen molar-refractivity contribution in [1.82, 2.24) is 10.2 Å². The van der Waals surface area contributed by atoms with Crippen LogP contribution in [0.15, 0.2) is 17.6 Å². The molecule has 1 N–H and O–H groups in total. The Bertz CT molecular complexity index is 408. The summed E-state index contributed by atoms with van der Waals surface area (Å²) in [5.41, 5.74) is 0. The Labute approximate surface area is 129 Å². The zero-order chi connectivity index (χ0) is 16.1. The number of hydrogen-bond acceptors (Lipinski definition) is 4. The van der Waals surface area contributed by atoms with Gasteiger partial charge in [-0.2, -0.15) is 0 Å². The molecule has 0 fully saturated rings. The monoisotopic (exact) mass is 319 g/mol. The zero-order valence-corrected chi connectivity index (χ0v) is 14.3. The van der Waals surface area contributed by atoms with E-state index in [2.05, 4.69) is 21.8 Å². The average molecular weight is 319 g/mol. The molecule has 0 saturated heterocycles. The molecule has 0 rings (SSSR count). The fraction of sp³-hybridized carbons (Fsp3) is 0.786. The Morgan fingerprint density at radius 1 is 1.43 bits per heavy atom. The van der Waals surface area contributed by atoms with Crippen molar-refractivity contribution < 1.29 is 13.2 Å². The first-order chi connectivity index (χ1) is 9.90. The van der Waals surface area contributed by atoms with Crippen LogP contribution < -0.4 is 5.32 Å². The molecule has 0 aliphatic rings. The van der Waals surface area contributed by atoms with Crippen LogP contribution in [0.25, 0.3) is 0 Å².